The monoisotopic (exact) mass is 732 g/mol. The highest BCUT2D eigenvalue weighted by Crippen LogP contribution is 2.61. The summed E-state index contributed by atoms with van der Waals surface area (Å²) in [6.07, 6.45) is 13.7. The normalized spacial score (nSPS) is 26.8. The van der Waals surface area contributed by atoms with Crippen molar-refractivity contribution in [2.75, 3.05) is 25.5 Å². The van der Waals surface area contributed by atoms with Crippen molar-refractivity contribution >= 4 is 34.2 Å². The number of amides is 3. The van der Waals surface area contributed by atoms with Crippen molar-refractivity contribution in [2.45, 2.75) is 76.5 Å². The molecule has 6 bridgehead atoms. The van der Waals surface area contributed by atoms with Crippen LogP contribution in [0.1, 0.15) is 84.1 Å². The summed E-state index contributed by atoms with van der Waals surface area (Å²) in [4.78, 5) is 49.1. The number of hydrogen-bond acceptors (Lipinski definition) is 9. The van der Waals surface area contributed by atoms with Gasteiger partial charge in [0.05, 0.1) is 24.8 Å². The molecule has 3 amide bonds. The lowest BCUT2D eigenvalue weighted by molar-refractivity contribution is -0.142. The molecule has 4 saturated carbocycles. The van der Waals surface area contributed by atoms with Crippen molar-refractivity contribution in [1.29, 1.82) is 0 Å². The summed E-state index contributed by atoms with van der Waals surface area (Å²) in [6, 6.07) is 16.8. The van der Waals surface area contributed by atoms with Gasteiger partial charge in [-0.2, -0.15) is 0 Å². The van der Waals surface area contributed by atoms with Crippen molar-refractivity contribution < 1.29 is 23.9 Å². The number of benzene rings is 2. The van der Waals surface area contributed by atoms with E-state index in [0.717, 1.165) is 53.1 Å². The first-order valence-corrected chi connectivity index (χ1v) is 19.7. The van der Waals surface area contributed by atoms with Gasteiger partial charge in [0.1, 0.15) is 12.4 Å². The molecule has 1 N–H and O–H groups in total. The van der Waals surface area contributed by atoms with Gasteiger partial charge in [-0.25, -0.2) is 0 Å². The molecule has 2 saturated heterocycles. The van der Waals surface area contributed by atoms with Crippen LogP contribution < -0.4 is 14.8 Å². The van der Waals surface area contributed by atoms with E-state index in [1.807, 2.05) is 53.4 Å². The van der Waals surface area contributed by atoms with E-state index in [4.69, 9.17) is 9.47 Å². The number of carbonyl (C=O) groups is 3. The second-order valence-corrected chi connectivity index (χ2v) is 16.9. The molecule has 10 rings (SSSR count). The molecule has 53 heavy (non-hydrogen) atoms. The molecule has 2 aromatic heterocycles. The predicted octanol–water partition coefficient (Wildman–Crippen LogP) is 6.86. The van der Waals surface area contributed by atoms with Crippen molar-refractivity contribution in [3.8, 4) is 22.1 Å². The minimum absolute atomic E-state index is 0.0331. The molecule has 2 aliphatic heterocycles. The van der Waals surface area contributed by atoms with Crippen LogP contribution in [0, 0.1) is 23.2 Å². The average molecular weight is 733 g/mol. The molecule has 6 aliphatic rings. The number of rotatable bonds is 10. The first-order valence-electron chi connectivity index (χ1n) is 18.9. The first kappa shape index (κ1) is 34.0. The molecule has 12 heteroatoms. The smallest absolute Gasteiger partial charge is 0.296 e. The Labute approximate surface area is 313 Å². The van der Waals surface area contributed by atoms with Crippen LogP contribution in [-0.2, 0) is 11.4 Å². The van der Waals surface area contributed by atoms with E-state index in [-0.39, 0.29) is 35.9 Å². The third-order valence-electron chi connectivity index (χ3n) is 12.4. The summed E-state index contributed by atoms with van der Waals surface area (Å²) in [6.45, 7) is 1.53. The highest BCUT2D eigenvalue weighted by atomic mass is 32.1. The Morgan fingerprint density at radius 1 is 0.887 bits per heavy atom. The highest BCUT2D eigenvalue weighted by Gasteiger charge is 2.52. The fourth-order valence-electron chi connectivity index (χ4n) is 10.6. The number of aromatic nitrogens is 3. The summed E-state index contributed by atoms with van der Waals surface area (Å²) in [5.41, 5.74) is 3.57. The van der Waals surface area contributed by atoms with Gasteiger partial charge in [-0.3, -0.25) is 24.7 Å². The molecule has 6 fully saturated rings. The van der Waals surface area contributed by atoms with Crippen LogP contribution >= 0.6 is 11.3 Å². The van der Waals surface area contributed by atoms with Crippen molar-refractivity contribution in [2.24, 2.45) is 23.2 Å². The number of nitrogens with zero attached hydrogens (tertiary/aromatic N) is 5. The van der Waals surface area contributed by atoms with Gasteiger partial charge in [0.15, 0.2) is 0 Å². The zero-order valence-electron chi connectivity index (χ0n) is 29.9. The van der Waals surface area contributed by atoms with Crippen LogP contribution in [0.4, 0.5) is 5.13 Å². The fourth-order valence-corrected chi connectivity index (χ4v) is 11.2. The molecule has 4 heterocycles. The number of fused-ring (bicyclic) bond motifs is 2. The Hall–Kier alpha value is -4.84. The Bertz CT molecular complexity index is 1980. The van der Waals surface area contributed by atoms with Crippen LogP contribution in [0.25, 0.3) is 11.1 Å². The molecule has 2 atom stereocenters. The Morgan fingerprint density at radius 3 is 2.28 bits per heavy atom. The predicted molar refractivity (Wildman–Crippen MR) is 200 cm³/mol. The number of ether oxygens (including phenoxy) is 2. The van der Waals surface area contributed by atoms with Gasteiger partial charge in [0.2, 0.25) is 11.0 Å². The topological polar surface area (TPSA) is 127 Å². The van der Waals surface area contributed by atoms with Gasteiger partial charge in [-0.1, -0.05) is 35.4 Å². The van der Waals surface area contributed by atoms with E-state index in [9.17, 15) is 14.4 Å². The lowest BCUT2D eigenvalue weighted by Gasteiger charge is -2.57. The standard InChI is InChI=1S/C41H44N6O5S/c1-51-35-5-3-2-4-32(35)34-21-42-13-12-33(34)37(49)43-39-44-45-40(53-39)52-24-25-6-8-29(9-7-25)38(50)47-30-10-11-31(47)23-46(22-30)36(48)20-41-17-26-14-27(18-41)16-28(15-26)19-41/h2-9,12-13,21,26-28,30-31H,10-11,14-20,22-24H2,1H3,(H,43,44,49)/t26?,27?,28?,30-,31+,41?. The van der Waals surface area contributed by atoms with Crippen LogP contribution in [0.5, 0.6) is 10.9 Å². The number of pyridine rings is 1. The van der Waals surface area contributed by atoms with Crippen LogP contribution in [0.15, 0.2) is 67.0 Å². The van der Waals surface area contributed by atoms with Gasteiger partial charge in [-0.15, -0.1) is 5.10 Å². The van der Waals surface area contributed by atoms with Crippen molar-refractivity contribution in [3.05, 3.63) is 83.7 Å². The SMILES string of the molecule is COc1ccccc1-c1cnccc1C(=O)Nc1nnc(OCc2ccc(C(=O)N3[C@@H]4CC[C@H]3CN(C(=O)CC35CC6CC(CC(C6)C3)C5)C4)cc2)s1. The molecule has 0 unspecified atom stereocenters. The molecular formula is C41H44N6O5S. The molecule has 0 spiro atoms. The fraction of sp³-hybridized carbons (Fsp3) is 0.463. The molecule has 274 valence electrons. The number of likely N-dealkylation sites (tertiary alicyclic amines) is 1. The van der Waals surface area contributed by atoms with Crippen molar-refractivity contribution in [3.63, 3.8) is 0 Å². The number of methoxy groups -OCH3 is 1. The quantitative estimate of drug-likeness (QED) is 0.188. The van der Waals surface area contributed by atoms with E-state index >= 15 is 0 Å². The molecule has 2 aromatic carbocycles. The average Bonchev–Trinajstić information content (AvgIpc) is 3.72. The molecular weight excluding hydrogens is 689 g/mol. The highest BCUT2D eigenvalue weighted by molar-refractivity contribution is 7.17. The Balaban J connectivity index is 0.783. The van der Waals surface area contributed by atoms with Crippen molar-refractivity contribution in [1.82, 2.24) is 25.0 Å². The second kappa shape index (κ2) is 13.9. The van der Waals surface area contributed by atoms with E-state index < -0.39 is 0 Å². The van der Waals surface area contributed by atoms with Crippen LogP contribution in [0.2, 0.25) is 0 Å². The number of hydrogen-bond donors (Lipinski definition) is 1. The van der Waals surface area contributed by atoms with E-state index in [2.05, 4.69) is 25.4 Å². The number of anilines is 1. The zero-order valence-corrected chi connectivity index (χ0v) is 30.7. The van der Waals surface area contributed by atoms with Crippen LogP contribution in [-0.4, -0.2) is 75.0 Å². The summed E-state index contributed by atoms with van der Waals surface area (Å²) < 4.78 is 11.4. The maximum Gasteiger partial charge on any atom is 0.296 e. The lowest BCUT2D eigenvalue weighted by atomic mass is 9.49. The Morgan fingerprint density at radius 2 is 1.58 bits per heavy atom. The third-order valence-corrected chi connectivity index (χ3v) is 13.2. The molecule has 4 aliphatic carbocycles. The number of piperazine rings is 1. The van der Waals surface area contributed by atoms with Crippen LogP contribution in [0.3, 0.4) is 0 Å². The van der Waals surface area contributed by atoms with Gasteiger partial charge < -0.3 is 19.3 Å². The molecule has 0 radical (unpaired) electrons. The number of carbonyl (C=O) groups excluding carboxylic acids is 3. The van der Waals surface area contributed by atoms with E-state index in [1.54, 1.807) is 25.6 Å². The number of para-hydroxylation sites is 1. The largest absolute Gasteiger partial charge is 0.496 e. The lowest BCUT2D eigenvalue weighted by Crippen LogP contribution is -2.58. The Kier molecular flexibility index (Phi) is 8.88. The first-order chi connectivity index (χ1) is 25.8. The second-order valence-electron chi connectivity index (χ2n) is 15.9. The summed E-state index contributed by atoms with van der Waals surface area (Å²) >= 11 is 1.13. The zero-order chi connectivity index (χ0) is 36.1. The van der Waals surface area contributed by atoms with Gasteiger partial charge in [0, 0.05) is 48.6 Å². The maximum absolute atomic E-state index is 13.8. The minimum atomic E-state index is -0.352. The summed E-state index contributed by atoms with van der Waals surface area (Å²) in [5, 5.41) is 11.6. The van der Waals surface area contributed by atoms with E-state index in [1.165, 1.54) is 38.5 Å². The number of nitrogens with one attached hydrogen (secondary N) is 1. The third kappa shape index (κ3) is 6.66. The van der Waals surface area contributed by atoms with Gasteiger partial charge in [-0.05, 0) is 116 Å². The maximum atomic E-state index is 13.8. The molecule has 4 aromatic rings. The minimum Gasteiger partial charge on any atom is -0.496 e. The summed E-state index contributed by atoms with van der Waals surface area (Å²) in [5.74, 6) is 3.16. The van der Waals surface area contributed by atoms with E-state index in [0.29, 0.717) is 58.2 Å². The van der Waals surface area contributed by atoms with Gasteiger partial charge in [0.25, 0.3) is 17.0 Å². The summed E-state index contributed by atoms with van der Waals surface area (Å²) in [7, 11) is 1.59. The molecule has 11 nitrogen and oxygen atoms in total. The van der Waals surface area contributed by atoms with Gasteiger partial charge >= 0.3 is 0 Å².